The number of carbonyl (C=O) groups excluding carboxylic acids is 1. The van der Waals surface area contributed by atoms with Crippen molar-refractivity contribution in [2.75, 3.05) is 6.61 Å². The molecule has 1 aromatic carbocycles. The minimum atomic E-state index is -0.493. The molecule has 0 aliphatic heterocycles. The lowest BCUT2D eigenvalue weighted by Crippen LogP contribution is -2.28. The lowest BCUT2D eigenvalue weighted by Gasteiger charge is -2.08. The van der Waals surface area contributed by atoms with Crippen molar-refractivity contribution < 1.29 is 14.5 Å². The molecule has 0 radical (unpaired) electrons. The monoisotopic (exact) mass is 326 g/mol. The van der Waals surface area contributed by atoms with Crippen molar-refractivity contribution in [3.05, 3.63) is 70.7 Å². The number of benzene rings is 1. The van der Waals surface area contributed by atoms with Gasteiger partial charge in [0, 0.05) is 37.3 Å². The van der Waals surface area contributed by atoms with Gasteiger partial charge in [-0.1, -0.05) is 0 Å². The van der Waals surface area contributed by atoms with Crippen molar-refractivity contribution in [3.63, 3.8) is 0 Å². The van der Waals surface area contributed by atoms with Gasteiger partial charge in [-0.15, -0.1) is 0 Å². The molecule has 3 rings (SSSR count). The van der Waals surface area contributed by atoms with Crippen LogP contribution in [0.15, 0.2) is 55.0 Å². The molecule has 2 heterocycles. The zero-order valence-corrected chi connectivity index (χ0v) is 12.6. The Morgan fingerprint density at radius 1 is 1.25 bits per heavy atom. The van der Waals surface area contributed by atoms with E-state index in [0.29, 0.717) is 12.3 Å². The van der Waals surface area contributed by atoms with Gasteiger partial charge in [-0.2, -0.15) is 0 Å². The number of hydrogen-bond acceptors (Lipinski definition) is 5. The maximum absolute atomic E-state index is 11.8. The number of imidazole rings is 1. The fraction of sp³-hybridized carbons (Fsp3) is 0.125. The van der Waals surface area contributed by atoms with E-state index in [1.165, 1.54) is 24.3 Å². The van der Waals surface area contributed by atoms with Crippen LogP contribution in [0, 0.1) is 10.1 Å². The summed E-state index contributed by atoms with van der Waals surface area (Å²) >= 11 is 0. The number of nitrogens with one attached hydrogen (secondary N) is 1. The number of nitrogens with zero attached hydrogens (tertiary/aromatic N) is 3. The van der Waals surface area contributed by atoms with E-state index >= 15 is 0 Å². The number of pyridine rings is 1. The first kappa shape index (κ1) is 15.5. The zero-order valence-electron chi connectivity index (χ0n) is 12.6. The summed E-state index contributed by atoms with van der Waals surface area (Å²) < 4.78 is 7.18. The second-order valence-corrected chi connectivity index (χ2v) is 5.04. The number of amides is 1. The van der Waals surface area contributed by atoms with Crippen molar-refractivity contribution in [2.45, 2.75) is 6.54 Å². The Morgan fingerprint density at radius 2 is 2.04 bits per heavy atom. The molecule has 1 N–H and O–H groups in total. The van der Waals surface area contributed by atoms with E-state index in [-0.39, 0.29) is 18.2 Å². The van der Waals surface area contributed by atoms with Gasteiger partial charge in [0.1, 0.15) is 11.4 Å². The van der Waals surface area contributed by atoms with Gasteiger partial charge in [-0.3, -0.25) is 14.9 Å². The van der Waals surface area contributed by atoms with E-state index in [0.717, 1.165) is 11.2 Å². The quantitative estimate of drug-likeness (QED) is 0.551. The number of non-ortho nitro benzene ring substituents is 1. The van der Waals surface area contributed by atoms with Gasteiger partial charge in [0.25, 0.3) is 11.6 Å². The fourth-order valence-corrected chi connectivity index (χ4v) is 2.13. The minimum absolute atomic E-state index is 0.0267. The molecule has 0 fully saturated rings. The maximum Gasteiger partial charge on any atom is 0.269 e. The summed E-state index contributed by atoms with van der Waals surface area (Å²) in [5, 5.41) is 13.3. The molecule has 0 bridgehead atoms. The maximum atomic E-state index is 11.8. The smallest absolute Gasteiger partial charge is 0.269 e. The van der Waals surface area contributed by atoms with E-state index < -0.39 is 4.92 Å². The van der Waals surface area contributed by atoms with Crippen LogP contribution in [-0.2, 0) is 11.3 Å². The van der Waals surface area contributed by atoms with Crippen LogP contribution in [0.25, 0.3) is 5.65 Å². The number of nitro groups is 1. The SMILES string of the molecule is O=C(COc1ccc([N+](=O)[O-])cc1)NCc1ccn2ccnc2c1. The highest BCUT2D eigenvalue weighted by Crippen LogP contribution is 2.17. The van der Waals surface area contributed by atoms with Crippen LogP contribution in [0.2, 0.25) is 0 Å². The van der Waals surface area contributed by atoms with Crippen LogP contribution in [0.3, 0.4) is 0 Å². The summed E-state index contributed by atoms with van der Waals surface area (Å²) in [5.74, 6) is 0.117. The third-order valence-electron chi connectivity index (χ3n) is 3.37. The Kier molecular flexibility index (Phi) is 4.37. The number of hydrogen-bond donors (Lipinski definition) is 1. The molecule has 2 aromatic heterocycles. The highest BCUT2D eigenvalue weighted by atomic mass is 16.6. The highest BCUT2D eigenvalue weighted by molar-refractivity contribution is 5.77. The molecular formula is C16H14N4O4. The van der Waals surface area contributed by atoms with Crippen molar-refractivity contribution in [1.29, 1.82) is 0 Å². The van der Waals surface area contributed by atoms with Gasteiger partial charge in [0.15, 0.2) is 6.61 Å². The minimum Gasteiger partial charge on any atom is -0.484 e. The average Bonchev–Trinajstić information content (AvgIpc) is 3.06. The van der Waals surface area contributed by atoms with Gasteiger partial charge in [0.05, 0.1) is 4.92 Å². The molecule has 24 heavy (non-hydrogen) atoms. The highest BCUT2D eigenvalue weighted by Gasteiger charge is 2.07. The standard InChI is InChI=1S/C16H14N4O4/c21-16(11-24-14-3-1-13(2-4-14)20(22)23)18-10-12-5-7-19-8-6-17-15(19)9-12/h1-9H,10-11H2,(H,18,21). The van der Waals surface area contributed by atoms with Crippen molar-refractivity contribution >= 4 is 17.2 Å². The van der Waals surface area contributed by atoms with Gasteiger partial charge < -0.3 is 14.5 Å². The zero-order chi connectivity index (χ0) is 16.9. The molecule has 122 valence electrons. The number of fused-ring (bicyclic) bond motifs is 1. The molecule has 0 saturated heterocycles. The molecule has 1 amide bonds. The summed E-state index contributed by atoms with van der Waals surface area (Å²) in [6.45, 7) is 0.204. The number of rotatable bonds is 6. The molecule has 0 aliphatic carbocycles. The lowest BCUT2D eigenvalue weighted by molar-refractivity contribution is -0.384. The Labute approximate surface area is 136 Å². The second kappa shape index (κ2) is 6.78. The molecule has 0 spiro atoms. The van der Waals surface area contributed by atoms with E-state index in [1.54, 1.807) is 6.20 Å². The van der Waals surface area contributed by atoms with E-state index in [9.17, 15) is 14.9 Å². The summed E-state index contributed by atoms with van der Waals surface area (Å²) in [5.41, 5.74) is 1.71. The topological polar surface area (TPSA) is 98.8 Å². The molecule has 0 atom stereocenters. The summed E-state index contributed by atoms with van der Waals surface area (Å²) in [6, 6.07) is 9.35. The first-order chi connectivity index (χ1) is 11.6. The van der Waals surface area contributed by atoms with Crippen LogP contribution < -0.4 is 10.1 Å². The summed E-state index contributed by atoms with van der Waals surface area (Å²) in [6.07, 6.45) is 5.42. The molecule has 8 heteroatoms. The molecular weight excluding hydrogens is 312 g/mol. The normalized spacial score (nSPS) is 10.5. The molecule has 0 unspecified atom stereocenters. The number of carbonyl (C=O) groups is 1. The van der Waals surface area contributed by atoms with Crippen molar-refractivity contribution in [3.8, 4) is 5.75 Å². The third kappa shape index (κ3) is 3.67. The van der Waals surface area contributed by atoms with Crippen LogP contribution in [-0.4, -0.2) is 26.8 Å². The number of aromatic nitrogens is 2. The first-order valence-electron chi connectivity index (χ1n) is 7.17. The van der Waals surface area contributed by atoms with Crippen LogP contribution >= 0.6 is 0 Å². The largest absolute Gasteiger partial charge is 0.484 e. The van der Waals surface area contributed by atoms with E-state index in [1.807, 2.05) is 28.9 Å². The Balaban J connectivity index is 1.49. The average molecular weight is 326 g/mol. The number of ether oxygens (including phenoxy) is 1. The van der Waals surface area contributed by atoms with Crippen LogP contribution in [0.1, 0.15) is 5.56 Å². The lowest BCUT2D eigenvalue weighted by atomic mass is 10.2. The molecule has 8 nitrogen and oxygen atoms in total. The van der Waals surface area contributed by atoms with Gasteiger partial charge in [0.2, 0.25) is 0 Å². The molecule has 0 aliphatic rings. The van der Waals surface area contributed by atoms with Gasteiger partial charge in [-0.05, 0) is 29.8 Å². The fourth-order valence-electron chi connectivity index (χ4n) is 2.13. The Hall–Kier alpha value is -3.42. The van der Waals surface area contributed by atoms with Crippen LogP contribution in [0.5, 0.6) is 5.75 Å². The molecule has 3 aromatic rings. The second-order valence-electron chi connectivity index (χ2n) is 5.04. The van der Waals surface area contributed by atoms with Crippen LogP contribution in [0.4, 0.5) is 5.69 Å². The van der Waals surface area contributed by atoms with Gasteiger partial charge in [-0.25, -0.2) is 4.98 Å². The molecule has 0 saturated carbocycles. The third-order valence-corrected chi connectivity index (χ3v) is 3.37. The Bertz CT molecular complexity index is 873. The predicted octanol–water partition coefficient (Wildman–Crippen LogP) is 1.94. The summed E-state index contributed by atoms with van der Waals surface area (Å²) in [7, 11) is 0. The number of nitro benzene ring substituents is 1. The van der Waals surface area contributed by atoms with Crippen molar-refractivity contribution in [2.24, 2.45) is 0 Å². The Morgan fingerprint density at radius 3 is 2.79 bits per heavy atom. The predicted molar refractivity (Wildman–Crippen MR) is 85.6 cm³/mol. The van der Waals surface area contributed by atoms with E-state index in [4.69, 9.17) is 4.74 Å². The first-order valence-corrected chi connectivity index (χ1v) is 7.17. The van der Waals surface area contributed by atoms with E-state index in [2.05, 4.69) is 10.3 Å². The van der Waals surface area contributed by atoms with Crippen molar-refractivity contribution in [1.82, 2.24) is 14.7 Å². The van der Waals surface area contributed by atoms with Gasteiger partial charge >= 0.3 is 0 Å². The summed E-state index contributed by atoms with van der Waals surface area (Å²) in [4.78, 5) is 26.1.